The Labute approximate surface area is 128 Å². The van der Waals surface area contributed by atoms with Crippen molar-refractivity contribution >= 4 is 17.2 Å². The average molecular weight is 301 g/mol. The highest BCUT2D eigenvalue weighted by Gasteiger charge is 2.25. The van der Waals surface area contributed by atoms with E-state index in [1.807, 2.05) is 17.0 Å². The van der Waals surface area contributed by atoms with Crippen molar-refractivity contribution in [1.29, 1.82) is 0 Å². The number of hydrogen-bond donors (Lipinski definition) is 0. The first-order valence-electron chi connectivity index (χ1n) is 7.39. The monoisotopic (exact) mass is 301 g/mol. The van der Waals surface area contributed by atoms with Gasteiger partial charge in [-0.05, 0) is 36.8 Å². The van der Waals surface area contributed by atoms with Gasteiger partial charge in [-0.2, -0.15) is 0 Å². The summed E-state index contributed by atoms with van der Waals surface area (Å²) in [7, 11) is 0. The Hall–Kier alpha value is -1.75. The molecule has 0 N–H and O–H groups in total. The average Bonchev–Trinajstić information content (AvgIpc) is 3.07. The summed E-state index contributed by atoms with van der Waals surface area (Å²) in [6.07, 6.45) is 6.99. The van der Waals surface area contributed by atoms with Gasteiger partial charge in [0.25, 0.3) is 0 Å². The van der Waals surface area contributed by atoms with Crippen molar-refractivity contribution in [2.24, 2.45) is 0 Å². The van der Waals surface area contributed by atoms with Gasteiger partial charge in [0, 0.05) is 42.2 Å². The minimum absolute atomic E-state index is 0.266. The molecule has 4 nitrogen and oxygen atoms in total. The Bertz CT molecular complexity index is 570. The van der Waals surface area contributed by atoms with Crippen LogP contribution in [0.1, 0.15) is 35.8 Å². The van der Waals surface area contributed by atoms with Crippen molar-refractivity contribution in [3.05, 3.63) is 46.7 Å². The maximum atomic E-state index is 12.4. The highest BCUT2D eigenvalue weighted by atomic mass is 32.1. The Morgan fingerprint density at radius 1 is 1.43 bits per heavy atom. The molecule has 0 saturated carbocycles. The van der Waals surface area contributed by atoms with E-state index in [1.165, 1.54) is 4.88 Å². The third-order valence-corrected chi connectivity index (χ3v) is 4.90. The number of carbonyl (C=O) groups is 1. The second kappa shape index (κ2) is 6.80. The molecule has 0 aliphatic carbocycles. The van der Waals surface area contributed by atoms with E-state index in [4.69, 9.17) is 0 Å². The summed E-state index contributed by atoms with van der Waals surface area (Å²) in [5.41, 5.74) is 1.06. The number of likely N-dealkylation sites (tertiary alicyclic amines) is 1. The summed E-state index contributed by atoms with van der Waals surface area (Å²) in [5.74, 6) is 0.620. The van der Waals surface area contributed by atoms with Crippen LogP contribution in [-0.2, 0) is 11.2 Å². The Balaban J connectivity index is 1.56. The summed E-state index contributed by atoms with van der Waals surface area (Å²) >= 11 is 1.72. The highest BCUT2D eigenvalue weighted by Crippen LogP contribution is 2.25. The maximum Gasteiger partial charge on any atom is 0.222 e. The quantitative estimate of drug-likeness (QED) is 0.872. The maximum absolute atomic E-state index is 12.4. The van der Waals surface area contributed by atoms with E-state index in [0.29, 0.717) is 12.3 Å². The van der Waals surface area contributed by atoms with Crippen LogP contribution in [0.15, 0.2) is 36.1 Å². The zero-order valence-corrected chi connectivity index (χ0v) is 12.8. The van der Waals surface area contributed by atoms with Gasteiger partial charge in [0.05, 0.1) is 0 Å². The predicted octanol–water partition coefficient (Wildman–Crippen LogP) is 2.88. The molecule has 110 valence electrons. The Kier molecular flexibility index (Phi) is 4.60. The van der Waals surface area contributed by atoms with Crippen molar-refractivity contribution in [2.75, 3.05) is 13.1 Å². The van der Waals surface area contributed by atoms with E-state index in [9.17, 15) is 4.79 Å². The van der Waals surface area contributed by atoms with Crippen LogP contribution >= 0.6 is 11.3 Å². The summed E-state index contributed by atoms with van der Waals surface area (Å²) in [5, 5.41) is 2.06. The molecule has 0 aromatic carbocycles. The van der Waals surface area contributed by atoms with Crippen molar-refractivity contribution < 1.29 is 4.79 Å². The van der Waals surface area contributed by atoms with E-state index in [2.05, 4.69) is 21.4 Å². The van der Waals surface area contributed by atoms with Crippen LogP contribution < -0.4 is 0 Å². The molecule has 21 heavy (non-hydrogen) atoms. The molecule has 1 aliphatic heterocycles. The number of rotatable bonds is 4. The summed E-state index contributed by atoms with van der Waals surface area (Å²) in [6.45, 7) is 1.67. The highest BCUT2D eigenvalue weighted by molar-refractivity contribution is 7.09. The van der Waals surface area contributed by atoms with Crippen molar-refractivity contribution in [1.82, 2.24) is 14.9 Å². The lowest BCUT2D eigenvalue weighted by Gasteiger charge is -2.32. The van der Waals surface area contributed by atoms with Crippen LogP contribution in [0.25, 0.3) is 0 Å². The van der Waals surface area contributed by atoms with E-state index in [1.54, 1.807) is 23.9 Å². The van der Waals surface area contributed by atoms with Gasteiger partial charge >= 0.3 is 0 Å². The topological polar surface area (TPSA) is 46.1 Å². The molecule has 1 saturated heterocycles. The molecule has 2 aromatic rings. The number of aryl methyl sites for hydroxylation is 1. The van der Waals surface area contributed by atoms with E-state index in [0.717, 1.165) is 38.0 Å². The second-order valence-corrected chi connectivity index (χ2v) is 6.42. The molecule has 3 heterocycles. The lowest BCUT2D eigenvalue weighted by atomic mass is 9.94. The zero-order chi connectivity index (χ0) is 14.5. The van der Waals surface area contributed by atoms with Crippen LogP contribution in [0.3, 0.4) is 0 Å². The van der Waals surface area contributed by atoms with E-state index < -0.39 is 0 Å². The largest absolute Gasteiger partial charge is 0.342 e. The van der Waals surface area contributed by atoms with Crippen LogP contribution in [0.5, 0.6) is 0 Å². The molecule has 1 unspecified atom stereocenters. The lowest BCUT2D eigenvalue weighted by Crippen LogP contribution is -2.39. The third kappa shape index (κ3) is 3.67. The van der Waals surface area contributed by atoms with E-state index >= 15 is 0 Å². The molecular weight excluding hydrogens is 282 g/mol. The summed E-state index contributed by atoms with van der Waals surface area (Å²) in [4.78, 5) is 24.0. The Morgan fingerprint density at radius 3 is 3.14 bits per heavy atom. The van der Waals surface area contributed by atoms with Gasteiger partial charge in [0.2, 0.25) is 5.91 Å². The van der Waals surface area contributed by atoms with Crippen LogP contribution in [0, 0.1) is 0 Å². The van der Waals surface area contributed by atoms with Gasteiger partial charge in [-0.3, -0.25) is 4.79 Å². The fourth-order valence-corrected chi connectivity index (χ4v) is 3.54. The molecular formula is C16H19N3OS. The molecule has 1 aliphatic rings. The summed E-state index contributed by atoms with van der Waals surface area (Å²) < 4.78 is 0. The second-order valence-electron chi connectivity index (χ2n) is 5.39. The number of thiophene rings is 1. The molecule has 0 bridgehead atoms. The smallest absolute Gasteiger partial charge is 0.222 e. The van der Waals surface area contributed by atoms with Crippen LogP contribution in [0.4, 0.5) is 0 Å². The van der Waals surface area contributed by atoms with Crippen LogP contribution in [0.2, 0.25) is 0 Å². The molecule has 1 amide bonds. The Morgan fingerprint density at radius 2 is 2.38 bits per heavy atom. The molecule has 5 heteroatoms. The molecule has 0 radical (unpaired) electrons. The minimum Gasteiger partial charge on any atom is -0.342 e. The SMILES string of the molecule is O=C(CCc1cccs1)N1CCCC(c2ccncn2)C1. The van der Waals surface area contributed by atoms with Crippen molar-refractivity contribution in [3.8, 4) is 0 Å². The molecule has 2 aromatic heterocycles. The number of aromatic nitrogens is 2. The number of nitrogens with zero attached hydrogens (tertiary/aromatic N) is 3. The van der Waals surface area contributed by atoms with Gasteiger partial charge in [-0.1, -0.05) is 6.07 Å². The zero-order valence-electron chi connectivity index (χ0n) is 11.9. The number of piperidine rings is 1. The molecule has 1 atom stereocenters. The third-order valence-electron chi connectivity index (χ3n) is 3.96. The minimum atomic E-state index is 0.266. The first kappa shape index (κ1) is 14.2. The number of carbonyl (C=O) groups excluding carboxylic acids is 1. The van der Waals surface area contributed by atoms with Gasteiger partial charge in [-0.25, -0.2) is 9.97 Å². The van der Waals surface area contributed by atoms with E-state index in [-0.39, 0.29) is 5.91 Å². The first-order valence-corrected chi connectivity index (χ1v) is 8.27. The first-order chi connectivity index (χ1) is 10.3. The molecule has 3 rings (SSSR count). The number of hydrogen-bond acceptors (Lipinski definition) is 4. The molecule has 1 fully saturated rings. The fraction of sp³-hybridized carbons (Fsp3) is 0.438. The van der Waals surface area contributed by atoms with Crippen molar-refractivity contribution in [2.45, 2.75) is 31.6 Å². The van der Waals surface area contributed by atoms with Gasteiger partial charge in [-0.15, -0.1) is 11.3 Å². The summed E-state index contributed by atoms with van der Waals surface area (Å²) in [6, 6.07) is 6.10. The van der Waals surface area contributed by atoms with Gasteiger partial charge in [0.1, 0.15) is 6.33 Å². The normalized spacial score (nSPS) is 18.7. The molecule has 0 spiro atoms. The predicted molar refractivity (Wildman–Crippen MR) is 83.2 cm³/mol. The lowest BCUT2D eigenvalue weighted by molar-refractivity contribution is -0.132. The van der Waals surface area contributed by atoms with Gasteiger partial charge < -0.3 is 4.90 Å². The van der Waals surface area contributed by atoms with Gasteiger partial charge in [0.15, 0.2) is 0 Å². The van der Waals surface area contributed by atoms with Crippen LogP contribution in [-0.4, -0.2) is 33.9 Å². The number of amides is 1. The van der Waals surface area contributed by atoms with Crippen molar-refractivity contribution in [3.63, 3.8) is 0 Å². The fourth-order valence-electron chi connectivity index (χ4n) is 2.83. The standard InChI is InChI=1S/C16H19N3OS/c20-16(6-5-14-4-2-10-21-14)19-9-1-3-13(11-19)15-7-8-17-12-18-15/h2,4,7-8,10,12-13H,1,3,5-6,9,11H2.